The molecule has 2 unspecified atom stereocenters. The molecule has 0 aromatic heterocycles. The molecule has 0 radical (unpaired) electrons. The van der Waals surface area contributed by atoms with Gasteiger partial charge in [-0.15, -0.1) is 0 Å². The van der Waals surface area contributed by atoms with Crippen molar-refractivity contribution in [3.05, 3.63) is 103 Å². The van der Waals surface area contributed by atoms with Gasteiger partial charge in [-0.05, 0) is 76.6 Å². The van der Waals surface area contributed by atoms with Gasteiger partial charge in [0.05, 0.1) is 5.41 Å². The van der Waals surface area contributed by atoms with Crippen molar-refractivity contribution in [1.82, 2.24) is 0 Å². The first-order valence-corrected chi connectivity index (χ1v) is 10.9. The average Bonchev–Trinajstić information content (AvgIpc) is 2.96. The third-order valence-electron chi connectivity index (χ3n) is 7.44. The predicted octanol–water partition coefficient (Wildman–Crippen LogP) is 6.80. The van der Waals surface area contributed by atoms with Crippen LogP contribution in [0.3, 0.4) is 0 Å². The SMILES string of the molecule is C=C1c2c(cc3c(-c4ccccc4)cccc3c2-c2ccccc2)C(C)(C(C)=O)C1(C)O. The summed E-state index contributed by atoms with van der Waals surface area (Å²) >= 11 is 0. The lowest BCUT2D eigenvalue weighted by atomic mass is 9.70. The van der Waals surface area contributed by atoms with E-state index in [0.717, 1.165) is 44.2 Å². The number of Topliss-reactive ketones (excluding diaryl/α,β-unsaturated/α-hetero) is 1. The van der Waals surface area contributed by atoms with Crippen LogP contribution in [0.5, 0.6) is 0 Å². The second-order valence-electron chi connectivity index (χ2n) is 9.04. The molecule has 0 saturated carbocycles. The van der Waals surface area contributed by atoms with Gasteiger partial charge in [0.1, 0.15) is 11.4 Å². The van der Waals surface area contributed by atoms with E-state index in [2.05, 4.69) is 55.1 Å². The number of ketones is 1. The van der Waals surface area contributed by atoms with E-state index in [1.54, 1.807) is 13.8 Å². The molecular weight excluding hydrogens is 392 g/mol. The first-order chi connectivity index (χ1) is 15.3. The van der Waals surface area contributed by atoms with E-state index in [1.165, 1.54) is 0 Å². The highest BCUT2D eigenvalue weighted by Gasteiger charge is 2.57. The molecule has 0 aliphatic heterocycles. The summed E-state index contributed by atoms with van der Waals surface area (Å²) < 4.78 is 0. The van der Waals surface area contributed by atoms with Gasteiger partial charge in [-0.1, -0.05) is 85.4 Å². The van der Waals surface area contributed by atoms with E-state index in [9.17, 15) is 9.90 Å². The molecule has 0 spiro atoms. The molecular formula is C30H26O2. The third kappa shape index (κ3) is 2.60. The third-order valence-corrected chi connectivity index (χ3v) is 7.44. The zero-order valence-corrected chi connectivity index (χ0v) is 18.6. The molecule has 4 aromatic rings. The largest absolute Gasteiger partial charge is 0.384 e. The standard InChI is InChI=1S/C30H26O2/c1-19-27-26(29(3,20(2)31)30(19,4)32)18-25-23(21-12-7-5-8-13-21)16-11-17-24(25)28(27)22-14-9-6-10-15-22/h5-18,32H,1H2,2-4H3. The molecule has 0 heterocycles. The maximum atomic E-state index is 13.0. The lowest BCUT2D eigenvalue weighted by Crippen LogP contribution is -2.48. The van der Waals surface area contributed by atoms with Crippen molar-refractivity contribution in [2.45, 2.75) is 31.8 Å². The fourth-order valence-electron chi connectivity index (χ4n) is 5.25. The highest BCUT2D eigenvalue weighted by Crippen LogP contribution is 2.57. The predicted molar refractivity (Wildman–Crippen MR) is 133 cm³/mol. The molecule has 32 heavy (non-hydrogen) atoms. The summed E-state index contributed by atoms with van der Waals surface area (Å²) in [6.07, 6.45) is 0. The van der Waals surface area contributed by atoms with E-state index in [-0.39, 0.29) is 5.78 Å². The van der Waals surface area contributed by atoms with Gasteiger partial charge in [-0.2, -0.15) is 0 Å². The molecule has 0 bridgehead atoms. The van der Waals surface area contributed by atoms with Gasteiger partial charge in [0, 0.05) is 0 Å². The maximum Gasteiger partial charge on any atom is 0.143 e. The Morgan fingerprint density at radius 1 is 0.781 bits per heavy atom. The minimum atomic E-state index is -1.38. The molecule has 0 saturated heterocycles. The summed E-state index contributed by atoms with van der Waals surface area (Å²) in [5, 5.41) is 13.8. The topological polar surface area (TPSA) is 37.3 Å². The Morgan fingerprint density at radius 2 is 1.38 bits per heavy atom. The van der Waals surface area contributed by atoms with Gasteiger partial charge >= 0.3 is 0 Å². The van der Waals surface area contributed by atoms with Crippen LogP contribution in [0.1, 0.15) is 31.9 Å². The van der Waals surface area contributed by atoms with Gasteiger partial charge in [-0.3, -0.25) is 4.79 Å². The van der Waals surface area contributed by atoms with Crippen LogP contribution in [0.2, 0.25) is 0 Å². The van der Waals surface area contributed by atoms with E-state index in [1.807, 2.05) is 43.3 Å². The van der Waals surface area contributed by atoms with Crippen molar-refractivity contribution in [1.29, 1.82) is 0 Å². The molecule has 5 rings (SSSR count). The fraction of sp³-hybridized carbons (Fsp3) is 0.167. The van der Waals surface area contributed by atoms with Crippen molar-refractivity contribution >= 4 is 22.1 Å². The molecule has 158 valence electrons. The number of benzene rings is 4. The van der Waals surface area contributed by atoms with Crippen LogP contribution in [0.15, 0.2) is 91.5 Å². The number of carbonyl (C=O) groups excluding carboxylic acids is 1. The van der Waals surface area contributed by atoms with Crippen LogP contribution in [-0.2, 0) is 10.2 Å². The fourth-order valence-corrected chi connectivity index (χ4v) is 5.25. The zero-order valence-electron chi connectivity index (χ0n) is 18.6. The smallest absolute Gasteiger partial charge is 0.143 e. The van der Waals surface area contributed by atoms with Gasteiger partial charge in [0.15, 0.2) is 0 Å². The highest BCUT2D eigenvalue weighted by molar-refractivity contribution is 6.13. The summed E-state index contributed by atoms with van der Waals surface area (Å²) in [5.41, 5.74) is 4.14. The Hall–Kier alpha value is -3.49. The first-order valence-electron chi connectivity index (χ1n) is 10.9. The van der Waals surface area contributed by atoms with Crippen LogP contribution in [0.25, 0.3) is 38.6 Å². The summed E-state index contributed by atoms with van der Waals surface area (Å²) in [4.78, 5) is 13.0. The monoisotopic (exact) mass is 418 g/mol. The molecule has 1 N–H and O–H groups in total. The van der Waals surface area contributed by atoms with E-state index in [4.69, 9.17) is 0 Å². The number of hydrogen-bond donors (Lipinski definition) is 1. The maximum absolute atomic E-state index is 13.0. The van der Waals surface area contributed by atoms with Crippen molar-refractivity contribution in [3.8, 4) is 22.3 Å². The molecule has 1 aliphatic carbocycles. The van der Waals surface area contributed by atoms with E-state index in [0.29, 0.717) is 5.57 Å². The van der Waals surface area contributed by atoms with Gasteiger partial charge < -0.3 is 5.11 Å². The first kappa shape index (κ1) is 20.4. The van der Waals surface area contributed by atoms with E-state index >= 15 is 0 Å². The number of aliphatic hydroxyl groups is 1. The van der Waals surface area contributed by atoms with Crippen LogP contribution in [-0.4, -0.2) is 16.5 Å². The molecule has 1 aliphatic rings. The van der Waals surface area contributed by atoms with Gasteiger partial charge in [0.2, 0.25) is 0 Å². The summed E-state index contributed by atoms with van der Waals surface area (Å²) in [6.45, 7) is 9.42. The molecule has 2 heteroatoms. The van der Waals surface area contributed by atoms with Crippen molar-refractivity contribution < 1.29 is 9.90 Å². The summed E-state index contributed by atoms with van der Waals surface area (Å²) in [5.74, 6) is -0.0713. The lowest BCUT2D eigenvalue weighted by molar-refractivity contribution is -0.127. The summed E-state index contributed by atoms with van der Waals surface area (Å²) in [7, 11) is 0. The lowest BCUT2D eigenvalue weighted by Gasteiger charge is -2.35. The number of fused-ring (bicyclic) bond motifs is 2. The Labute approximate surface area is 188 Å². The van der Waals surface area contributed by atoms with Gasteiger partial charge in [0.25, 0.3) is 0 Å². The number of rotatable bonds is 3. The van der Waals surface area contributed by atoms with Crippen LogP contribution in [0, 0.1) is 0 Å². The highest BCUT2D eigenvalue weighted by atomic mass is 16.3. The zero-order chi connectivity index (χ0) is 22.7. The van der Waals surface area contributed by atoms with E-state index < -0.39 is 11.0 Å². The molecule has 2 atom stereocenters. The number of carbonyl (C=O) groups is 1. The Morgan fingerprint density at radius 3 is 1.97 bits per heavy atom. The molecule has 0 fully saturated rings. The van der Waals surface area contributed by atoms with Crippen molar-refractivity contribution in [2.24, 2.45) is 0 Å². The quantitative estimate of drug-likeness (QED) is 0.397. The normalized spacial score (nSPS) is 22.2. The number of hydrogen-bond acceptors (Lipinski definition) is 2. The molecule has 0 amide bonds. The van der Waals surface area contributed by atoms with Crippen molar-refractivity contribution in [2.75, 3.05) is 0 Å². The Bertz CT molecular complexity index is 1380. The Balaban J connectivity index is 2.00. The van der Waals surface area contributed by atoms with Gasteiger partial charge in [-0.25, -0.2) is 0 Å². The Kier molecular flexibility index (Phi) is 4.47. The average molecular weight is 419 g/mol. The van der Waals surface area contributed by atoms with Crippen LogP contribution in [0.4, 0.5) is 0 Å². The molecule has 2 nitrogen and oxygen atoms in total. The van der Waals surface area contributed by atoms with Crippen LogP contribution >= 0.6 is 0 Å². The van der Waals surface area contributed by atoms with Crippen LogP contribution < -0.4 is 0 Å². The summed E-state index contributed by atoms with van der Waals surface area (Å²) in [6, 6.07) is 28.9. The molecule has 4 aromatic carbocycles. The van der Waals surface area contributed by atoms with Crippen molar-refractivity contribution in [3.63, 3.8) is 0 Å². The minimum absolute atomic E-state index is 0.0713. The second kappa shape index (κ2) is 7.01. The minimum Gasteiger partial charge on any atom is -0.384 e. The second-order valence-corrected chi connectivity index (χ2v) is 9.04.